The first-order valence-electron chi connectivity index (χ1n) is 6.09. The largest absolute Gasteiger partial charge is 0.480 e. The van der Waals surface area contributed by atoms with Gasteiger partial charge in [-0.1, -0.05) is 0 Å². The Kier molecular flexibility index (Phi) is 2.93. The molecule has 18 heavy (non-hydrogen) atoms. The maximum atomic E-state index is 12.2. The van der Waals surface area contributed by atoms with Crippen LogP contribution in [-0.4, -0.2) is 57.4 Å². The number of rotatable bonds is 4. The molecule has 1 saturated carbocycles. The summed E-state index contributed by atoms with van der Waals surface area (Å²) < 4.78 is 0. The molecule has 1 N–H and O–H groups in total. The Balaban J connectivity index is 2.17. The van der Waals surface area contributed by atoms with Crippen molar-refractivity contribution >= 4 is 17.8 Å². The van der Waals surface area contributed by atoms with E-state index in [1.807, 2.05) is 0 Å². The zero-order valence-electron chi connectivity index (χ0n) is 10.8. The number of nitrogens with zero attached hydrogens (tertiary/aromatic N) is 2. The van der Waals surface area contributed by atoms with Gasteiger partial charge in [0.05, 0.1) is 12.5 Å². The van der Waals surface area contributed by atoms with Crippen molar-refractivity contribution in [3.63, 3.8) is 0 Å². The molecule has 6 nitrogen and oxygen atoms in total. The third-order valence-corrected chi connectivity index (χ3v) is 3.94. The molecule has 1 aliphatic heterocycles. The van der Waals surface area contributed by atoms with Crippen LogP contribution < -0.4 is 0 Å². The van der Waals surface area contributed by atoms with Crippen LogP contribution in [0.2, 0.25) is 0 Å². The predicted octanol–water partition coefficient (Wildman–Crippen LogP) is 0.0713. The third kappa shape index (κ3) is 1.90. The lowest BCUT2D eigenvalue weighted by Crippen LogP contribution is -2.54. The zero-order chi connectivity index (χ0) is 13.7. The molecule has 0 aromatic rings. The molecule has 1 saturated heterocycles. The molecule has 1 aliphatic carbocycles. The average Bonchev–Trinajstić information content (AvgIpc) is 3.05. The second kappa shape index (κ2) is 4.05. The molecule has 2 amide bonds. The van der Waals surface area contributed by atoms with Gasteiger partial charge in [0.2, 0.25) is 11.8 Å². The number of hydrogen-bond donors (Lipinski definition) is 1. The highest BCUT2D eigenvalue weighted by Gasteiger charge is 2.50. The molecule has 0 spiro atoms. The Labute approximate surface area is 106 Å². The third-order valence-electron chi connectivity index (χ3n) is 3.94. The van der Waals surface area contributed by atoms with E-state index >= 15 is 0 Å². The lowest BCUT2D eigenvalue weighted by atomic mass is 10.0. The molecule has 0 aromatic carbocycles. The van der Waals surface area contributed by atoms with Crippen LogP contribution in [0.15, 0.2) is 0 Å². The van der Waals surface area contributed by atoms with Gasteiger partial charge in [-0.05, 0) is 33.7 Å². The van der Waals surface area contributed by atoms with E-state index < -0.39 is 17.6 Å². The number of imide groups is 1. The Morgan fingerprint density at radius 3 is 2.39 bits per heavy atom. The van der Waals surface area contributed by atoms with Gasteiger partial charge < -0.3 is 5.11 Å². The van der Waals surface area contributed by atoms with Crippen LogP contribution in [0.5, 0.6) is 0 Å². The standard InChI is InChI=1S/C12H18N2O4/c1-12(2,11(17)18)13(3)8-6-9(15)14(10(8)16)7-4-5-7/h7-8H,4-6H2,1-3H3,(H,17,18). The van der Waals surface area contributed by atoms with Crippen molar-refractivity contribution in [2.75, 3.05) is 7.05 Å². The van der Waals surface area contributed by atoms with E-state index in [4.69, 9.17) is 5.11 Å². The second-order valence-corrected chi connectivity index (χ2v) is 5.53. The van der Waals surface area contributed by atoms with Crippen molar-refractivity contribution in [3.8, 4) is 0 Å². The predicted molar refractivity (Wildman–Crippen MR) is 62.8 cm³/mol. The van der Waals surface area contributed by atoms with Gasteiger partial charge in [0, 0.05) is 6.04 Å². The SMILES string of the molecule is CN(C1CC(=O)N(C2CC2)C1=O)C(C)(C)C(=O)O. The Morgan fingerprint density at radius 2 is 1.94 bits per heavy atom. The normalized spacial score (nSPS) is 25.1. The van der Waals surface area contributed by atoms with Crippen LogP contribution in [0.25, 0.3) is 0 Å². The number of aliphatic carboxylic acids is 1. The summed E-state index contributed by atoms with van der Waals surface area (Å²) in [5.41, 5.74) is -1.17. The molecule has 0 aromatic heterocycles. The molecule has 2 rings (SSSR count). The maximum Gasteiger partial charge on any atom is 0.323 e. The average molecular weight is 254 g/mol. The number of likely N-dealkylation sites (tertiary alicyclic amines) is 1. The minimum Gasteiger partial charge on any atom is -0.480 e. The molecule has 6 heteroatoms. The van der Waals surface area contributed by atoms with Gasteiger partial charge >= 0.3 is 5.97 Å². The minimum atomic E-state index is -1.17. The highest BCUT2D eigenvalue weighted by Crippen LogP contribution is 2.34. The monoisotopic (exact) mass is 254 g/mol. The van der Waals surface area contributed by atoms with Crippen LogP contribution in [0, 0.1) is 0 Å². The number of hydrogen-bond acceptors (Lipinski definition) is 4. The summed E-state index contributed by atoms with van der Waals surface area (Å²) in [6.45, 7) is 3.07. The van der Waals surface area contributed by atoms with Gasteiger partial charge in [-0.2, -0.15) is 0 Å². The van der Waals surface area contributed by atoms with Gasteiger partial charge in [0.1, 0.15) is 5.54 Å². The number of carbonyl (C=O) groups excluding carboxylic acids is 2. The van der Waals surface area contributed by atoms with E-state index in [1.165, 1.54) is 23.6 Å². The molecule has 1 unspecified atom stereocenters. The second-order valence-electron chi connectivity index (χ2n) is 5.53. The van der Waals surface area contributed by atoms with E-state index in [-0.39, 0.29) is 24.3 Å². The van der Waals surface area contributed by atoms with E-state index in [0.717, 1.165) is 12.8 Å². The number of carboxylic acid groups (broad SMARTS) is 1. The van der Waals surface area contributed by atoms with Crippen LogP contribution in [0.4, 0.5) is 0 Å². The number of amides is 2. The van der Waals surface area contributed by atoms with Crippen molar-refractivity contribution in [2.45, 2.75) is 50.7 Å². The van der Waals surface area contributed by atoms with Gasteiger partial charge in [-0.15, -0.1) is 0 Å². The van der Waals surface area contributed by atoms with E-state index in [1.54, 1.807) is 7.05 Å². The van der Waals surface area contributed by atoms with Crippen molar-refractivity contribution in [2.24, 2.45) is 0 Å². The lowest BCUT2D eigenvalue weighted by molar-refractivity contribution is -0.151. The molecule has 0 radical (unpaired) electrons. The molecular formula is C12H18N2O4. The van der Waals surface area contributed by atoms with Crippen LogP contribution in [0.1, 0.15) is 33.1 Å². The number of carboxylic acids is 1. The summed E-state index contributed by atoms with van der Waals surface area (Å²) in [5.74, 6) is -1.44. The van der Waals surface area contributed by atoms with Crippen LogP contribution >= 0.6 is 0 Å². The summed E-state index contributed by atoms with van der Waals surface area (Å²) in [7, 11) is 1.58. The van der Waals surface area contributed by atoms with Gasteiger partial charge in [0.25, 0.3) is 0 Å². The van der Waals surface area contributed by atoms with Crippen molar-refractivity contribution in [1.29, 1.82) is 0 Å². The fraction of sp³-hybridized carbons (Fsp3) is 0.750. The van der Waals surface area contributed by atoms with E-state index in [0.29, 0.717) is 0 Å². The quantitative estimate of drug-likeness (QED) is 0.718. The van der Waals surface area contributed by atoms with E-state index in [2.05, 4.69) is 0 Å². The first-order valence-corrected chi connectivity index (χ1v) is 6.09. The maximum absolute atomic E-state index is 12.2. The molecule has 2 fully saturated rings. The van der Waals surface area contributed by atoms with E-state index in [9.17, 15) is 14.4 Å². The zero-order valence-corrected chi connectivity index (χ0v) is 10.8. The topological polar surface area (TPSA) is 77.9 Å². The summed E-state index contributed by atoms with van der Waals surface area (Å²) in [5, 5.41) is 9.16. The van der Waals surface area contributed by atoms with Crippen molar-refractivity contribution in [1.82, 2.24) is 9.80 Å². The number of carbonyl (C=O) groups is 3. The molecule has 1 heterocycles. The summed E-state index contributed by atoms with van der Waals surface area (Å²) >= 11 is 0. The first-order chi connectivity index (χ1) is 8.26. The molecule has 1 atom stereocenters. The molecule has 100 valence electrons. The number of likely N-dealkylation sites (N-methyl/N-ethyl adjacent to an activating group) is 1. The molecule has 0 bridgehead atoms. The Bertz CT molecular complexity index is 414. The van der Waals surface area contributed by atoms with Crippen LogP contribution in [-0.2, 0) is 14.4 Å². The highest BCUT2D eigenvalue weighted by molar-refractivity contribution is 6.06. The van der Waals surface area contributed by atoms with Gasteiger partial charge in [0.15, 0.2) is 0 Å². The van der Waals surface area contributed by atoms with Crippen LogP contribution in [0.3, 0.4) is 0 Å². The first kappa shape index (κ1) is 13.0. The fourth-order valence-corrected chi connectivity index (χ4v) is 2.19. The lowest BCUT2D eigenvalue weighted by Gasteiger charge is -2.34. The Morgan fingerprint density at radius 1 is 1.39 bits per heavy atom. The van der Waals surface area contributed by atoms with Crippen molar-refractivity contribution < 1.29 is 19.5 Å². The van der Waals surface area contributed by atoms with Gasteiger partial charge in [-0.25, -0.2) is 0 Å². The highest BCUT2D eigenvalue weighted by atomic mass is 16.4. The Hall–Kier alpha value is -1.43. The molecule has 2 aliphatic rings. The fourth-order valence-electron chi connectivity index (χ4n) is 2.19. The summed E-state index contributed by atoms with van der Waals surface area (Å²) in [6, 6.07) is -0.597. The van der Waals surface area contributed by atoms with Crippen molar-refractivity contribution in [3.05, 3.63) is 0 Å². The molecular weight excluding hydrogens is 236 g/mol. The van der Waals surface area contributed by atoms with Gasteiger partial charge in [-0.3, -0.25) is 24.2 Å². The summed E-state index contributed by atoms with van der Waals surface area (Å²) in [6.07, 6.45) is 1.83. The smallest absolute Gasteiger partial charge is 0.323 e. The summed E-state index contributed by atoms with van der Waals surface area (Å²) in [4.78, 5) is 38.0. The minimum absolute atomic E-state index is 0.0522.